The lowest BCUT2D eigenvalue weighted by molar-refractivity contribution is 0.0579. The molecule has 1 fully saturated rings. The molecule has 2 heterocycles. The van der Waals surface area contributed by atoms with Gasteiger partial charge in [0.25, 0.3) is 0 Å². The molecule has 0 aliphatic heterocycles. The number of rotatable bonds is 4. The Bertz CT molecular complexity index is 500. The van der Waals surface area contributed by atoms with Gasteiger partial charge in [-0.25, -0.2) is 4.98 Å². The smallest absolute Gasteiger partial charge is 0.133 e. The Kier molecular flexibility index (Phi) is 2.93. The van der Waals surface area contributed by atoms with Gasteiger partial charge in [0.2, 0.25) is 0 Å². The second-order valence-electron chi connectivity index (χ2n) is 4.83. The maximum Gasteiger partial charge on any atom is 0.133 e. The Morgan fingerprint density at radius 2 is 2.39 bits per heavy atom. The zero-order chi connectivity index (χ0) is 12.5. The van der Waals surface area contributed by atoms with E-state index in [1.54, 1.807) is 12.5 Å². The first kappa shape index (κ1) is 11.5. The number of furan rings is 1. The number of hydrogen-bond donors (Lipinski definition) is 2. The van der Waals surface area contributed by atoms with Gasteiger partial charge < -0.3 is 14.1 Å². The van der Waals surface area contributed by atoms with Crippen LogP contribution >= 0.6 is 0 Å². The number of nitrogens with zero attached hydrogens (tertiary/aromatic N) is 2. The summed E-state index contributed by atoms with van der Waals surface area (Å²) in [7, 11) is 1.97. The molecule has 2 N–H and O–H groups in total. The Morgan fingerprint density at radius 3 is 2.94 bits per heavy atom. The molecule has 5 nitrogen and oxygen atoms in total. The fraction of sp³-hybridized carbons (Fsp3) is 0.462. The summed E-state index contributed by atoms with van der Waals surface area (Å²) < 4.78 is 7.47. The fourth-order valence-corrected chi connectivity index (χ4v) is 2.35. The van der Waals surface area contributed by atoms with Gasteiger partial charge in [0.05, 0.1) is 12.4 Å². The topological polar surface area (TPSA) is 63.2 Å². The zero-order valence-corrected chi connectivity index (χ0v) is 10.3. The van der Waals surface area contributed by atoms with Crippen LogP contribution < -0.4 is 5.32 Å². The third-order valence-corrected chi connectivity index (χ3v) is 3.46. The summed E-state index contributed by atoms with van der Waals surface area (Å²) >= 11 is 0. The quantitative estimate of drug-likeness (QED) is 0.852. The maximum atomic E-state index is 9.36. The van der Waals surface area contributed by atoms with Crippen molar-refractivity contribution in [1.82, 2.24) is 14.9 Å². The third-order valence-electron chi connectivity index (χ3n) is 3.46. The number of nitrogens with one attached hydrogen (secondary N) is 1. The normalized spacial score (nSPS) is 24.8. The van der Waals surface area contributed by atoms with Crippen molar-refractivity contribution in [3.05, 3.63) is 42.4 Å². The van der Waals surface area contributed by atoms with E-state index >= 15 is 0 Å². The number of aromatic nitrogens is 2. The average Bonchev–Trinajstić information content (AvgIpc) is 2.94. The second kappa shape index (κ2) is 4.59. The zero-order valence-electron chi connectivity index (χ0n) is 10.3. The molecule has 1 aliphatic carbocycles. The summed E-state index contributed by atoms with van der Waals surface area (Å²) in [6.45, 7) is 0. The molecule has 0 bridgehead atoms. The van der Waals surface area contributed by atoms with Gasteiger partial charge in [-0.2, -0.15) is 0 Å². The molecule has 0 radical (unpaired) electrons. The van der Waals surface area contributed by atoms with E-state index in [2.05, 4.69) is 10.3 Å². The lowest BCUT2D eigenvalue weighted by Crippen LogP contribution is -2.46. The third kappa shape index (κ3) is 2.07. The van der Waals surface area contributed by atoms with Crippen LogP contribution in [0.25, 0.3) is 0 Å². The minimum Gasteiger partial charge on any atom is -0.467 e. The minimum atomic E-state index is -0.166. The number of aliphatic hydroxyl groups excluding tert-OH is 1. The highest BCUT2D eigenvalue weighted by atomic mass is 16.3. The summed E-state index contributed by atoms with van der Waals surface area (Å²) in [6, 6.07) is 4.09. The predicted octanol–water partition coefficient (Wildman–Crippen LogP) is 1.22. The first-order valence-corrected chi connectivity index (χ1v) is 6.19. The average molecular weight is 247 g/mol. The van der Waals surface area contributed by atoms with E-state index in [1.165, 1.54) is 0 Å². The summed E-state index contributed by atoms with van der Waals surface area (Å²) in [5.74, 6) is 1.78. The molecule has 96 valence electrons. The van der Waals surface area contributed by atoms with Gasteiger partial charge in [-0.05, 0) is 25.0 Å². The van der Waals surface area contributed by atoms with Crippen molar-refractivity contribution in [2.45, 2.75) is 31.0 Å². The summed E-state index contributed by atoms with van der Waals surface area (Å²) in [6.07, 6.45) is 6.79. The van der Waals surface area contributed by atoms with Crippen LogP contribution in [-0.2, 0) is 7.05 Å². The van der Waals surface area contributed by atoms with Crippen molar-refractivity contribution >= 4 is 0 Å². The first-order valence-electron chi connectivity index (χ1n) is 6.19. The molecule has 3 rings (SSSR count). The van der Waals surface area contributed by atoms with Crippen molar-refractivity contribution in [3.63, 3.8) is 0 Å². The van der Waals surface area contributed by atoms with Crippen molar-refractivity contribution in [3.8, 4) is 0 Å². The molecular formula is C13H17N3O2. The first-order chi connectivity index (χ1) is 8.74. The van der Waals surface area contributed by atoms with E-state index in [9.17, 15) is 5.11 Å². The summed E-state index contributed by atoms with van der Waals surface area (Å²) in [5.41, 5.74) is 0. The Labute approximate surface area is 105 Å². The molecule has 5 heteroatoms. The van der Waals surface area contributed by atoms with Crippen LogP contribution in [0.1, 0.15) is 30.5 Å². The van der Waals surface area contributed by atoms with Gasteiger partial charge in [-0.15, -0.1) is 0 Å². The van der Waals surface area contributed by atoms with Crippen LogP contribution in [0, 0.1) is 0 Å². The predicted molar refractivity (Wildman–Crippen MR) is 65.9 cm³/mol. The van der Waals surface area contributed by atoms with Crippen molar-refractivity contribution in [1.29, 1.82) is 0 Å². The molecule has 1 aliphatic rings. The molecular weight excluding hydrogens is 230 g/mol. The van der Waals surface area contributed by atoms with E-state index in [4.69, 9.17) is 4.42 Å². The van der Waals surface area contributed by atoms with Crippen LogP contribution in [-0.4, -0.2) is 26.8 Å². The SMILES string of the molecule is Cn1ccnc1C(NC1CC(O)C1)c1ccco1. The van der Waals surface area contributed by atoms with Crippen molar-refractivity contribution < 1.29 is 9.52 Å². The van der Waals surface area contributed by atoms with E-state index < -0.39 is 0 Å². The maximum absolute atomic E-state index is 9.36. The number of imidazole rings is 1. The van der Waals surface area contributed by atoms with Gasteiger partial charge in [0.1, 0.15) is 17.6 Å². The Morgan fingerprint density at radius 1 is 1.56 bits per heavy atom. The molecule has 1 atom stereocenters. The minimum absolute atomic E-state index is 0.0579. The highest BCUT2D eigenvalue weighted by molar-refractivity contribution is 5.16. The number of hydrogen-bond acceptors (Lipinski definition) is 4. The van der Waals surface area contributed by atoms with Crippen LogP contribution in [0.3, 0.4) is 0 Å². The van der Waals surface area contributed by atoms with Crippen LogP contribution in [0.15, 0.2) is 35.2 Å². The molecule has 2 aromatic heterocycles. The Hall–Kier alpha value is -1.59. The highest BCUT2D eigenvalue weighted by Gasteiger charge is 2.32. The lowest BCUT2D eigenvalue weighted by atomic mass is 9.88. The Balaban J connectivity index is 1.83. The molecule has 0 amide bonds. The van der Waals surface area contributed by atoms with E-state index in [1.807, 2.05) is 29.9 Å². The lowest BCUT2D eigenvalue weighted by Gasteiger charge is -2.34. The molecule has 1 unspecified atom stereocenters. The molecule has 1 saturated carbocycles. The van der Waals surface area contributed by atoms with Gasteiger partial charge in [-0.3, -0.25) is 5.32 Å². The van der Waals surface area contributed by atoms with Crippen molar-refractivity contribution in [2.75, 3.05) is 0 Å². The van der Waals surface area contributed by atoms with Gasteiger partial charge >= 0.3 is 0 Å². The van der Waals surface area contributed by atoms with Crippen LogP contribution in [0.2, 0.25) is 0 Å². The van der Waals surface area contributed by atoms with E-state index in [0.717, 1.165) is 24.4 Å². The van der Waals surface area contributed by atoms with Gasteiger partial charge in [0, 0.05) is 25.5 Å². The van der Waals surface area contributed by atoms with Crippen LogP contribution in [0.4, 0.5) is 0 Å². The standard InChI is InChI=1S/C13H17N3O2/c1-16-5-4-14-13(16)12(11-3-2-6-18-11)15-9-7-10(17)8-9/h2-6,9-10,12,15,17H,7-8H2,1H3. The van der Waals surface area contributed by atoms with Gasteiger partial charge in [0.15, 0.2) is 0 Å². The summed E-state index contributed by atoms with van der Waals surface area (Å²) in [4.78, 5) is 4.38. The summed E-state index contributed by atoms with van der Waals surface area (Å²) in [5, 5.41) is 12.9. The molecule has 0 spiro atoms. The largest absolute Gasteiger partial charge is 0.467 e. The molecule has 18 heavy (non-hydrogen) atoms. The van der Waals surface area contributed by atoms with E-state index in [-0.39, 0.29) is 12.1 Å². The second-order valence-corrected chi connectivity index (χ2v) is 4.83. The number of aliphatic hydroxyl groups is 1. The van der Waals surface area contributed by atoms with Crippen LogP contribution in [0.5, 0.6) is 0 Å². The number of aryl methyl sites for hydroxylation is 1. The highest BCUT2D eigenvalue weighted by Crippen LogP contribution is 2.27. The monoisotopic (exact) mass is 247 g/mol. The van der Waals surface area contributed by atoms with E-state index in [0.29, 0.717) is 6.04 Å². The molecule has 0 aromatic carbocycles. The molecule has 0 saturated heterocycles. The van der Waals surface area contributed by atoms with Gasteiger partial charge in [-0.1, -0.05) is 0 Å². The fourth-order valence-electron chi connectivity index (χ4n) is 2.35. The van der Waals surface area contributed by atoms with Crippen molar-refractivity contribution in [2.24, 2.45) is 7.05 Å². The molecule has 2 aromatic rings.